The highest BCUT2D eigenvalue weighted by atomic mass is 16.2. The normalized spacial score (nSPS) is 12.0. The van der Waals surface area contributed by atoms with Crippen molar-refractivity contribution in [3.05, 3.63) is 29.6 Å². The van der Waals surface area contributed by atoms with Crippen LogP contribution in [0.25, 0.3) is 0 Å². The van der Waals surface area contributed by atoms with Crippen LogP contribution >= 0.6 is 0 Å². The smallest absolute Gasteiger partial charge is 0.270 e. The molecule has 6 heteroatoms. The molecule has 0 saturated heterocycles. The number of rotatable bonds is 8. The van der Waals surface area contributed by atoms with Crippen LogP contribution in [0.1, 0.15) is 47.7 Å². The fourth-order valence-electron chi connectivity index (χ4n) is 1.78. The quantitative estimate of drug-likeness (QED) is 0.710. The molecule has 1 rings (SSSR count). The van der Waals surface area contributed by atoms with E-state index >= 15 is 0 Å². The number of amides is 2. The van der Waals surface area contributed by atoms with Crippen LogP contribution in [0.5, 0.6) is 0 Å². The summed E-state index contributed by atoms with van der Waals surface area (Å²) < 4.78 is 0. The van der Waals surface area contributed by atoms with E-state index < -0.39 is 0 Å². The van der Waals surface area contributed by atoms with Gasteiger partial charge in [-0.25, -0.2) is 4.98 Å². The fraction of sp³-hybridized carbons (Fsp3) is 0.562. The van der Waals surface area contributed by atoms with Crippen molar-refractivity contribution < 1.29 is 9.59 Å². The zero-order chi connectivity index (χ0) is 16.5. The van der Waals surface area contributed by atoms with Crippen molar-refractivity contribution in [3.63, 3.8) is 0 Å². The van der Waals surface area contributed by atoms with E-state index in [0.717, 1.165) is 19.4 Å². The fourth-order valence-corrected chi connectivity index (χ4v) is 1.78. The Morgan fingerprint density at radius 1 is 1.23 bits per heavy atom. The van der Waals surface area contributed by atoms with Gasteiger partial charge in [-0.05, 0) is 52.5 Å². The summed E-state index contributed by atoms with van der Waals surface area (Å²) in [6, 6.07) is 4.98. The van der Waals surface area contributed by atoms with Crippen LogP contribution in [0.3, 0.4) is 0 Å². The summed E-state index contributed by atoms with van der Waals surface area (Å²) >= 11 is 0. The molecule has 1 heterocycles. The number of aromatic nitrogens is 1. The van der Waals surface area contributed by atoms with Crippen molar-refractivity contribution in [1.82, 2.24) is 20.5 Å². The molecule has 2 amide bonds. The lowest BCUT2D eigenvalue weighted by molar-refractivity contribution is 0.0933. The van der Waals surface area contributed by atoms with Gasteiger partial charge in [0.1, 0.15) is 11.4 Å². The van der Waals surface area contributed by atoms with Gasteiger partial charge in [0.25, 0.3) is 11.8 Å². The molecule has 22 heavy (non-hydrogen) atoms. The zero-order valence-electron chi connectivity index (χ0n) is 13.8. The van der Waals surface area contributed by atoms with Crippen LogP contribution in [0.15, 0.2) is 18.2 Å². The van der Waals surface area contributed by atoms with Gasteiger partial charge in [0.05, 0.1) is 0 Å². The molecule has 0 fully saturated rings. The molecule has 6 nitrogen and oxygen atoms in total. The van der Waals surface area contributed by atoms with Crippen molar-refractivity contribution in [2.24, 2.45) is 0 Å². The number of nitrogens with zero attached hydrogens (tertiary/aromatic N) is 2. The lowest BCUT2D eigenvalue weighted by Gasteiger charge is -2.12. The Balaban J connectivity index is 2.59. The lowest BCUT2D eigenvalue weighted by Crippen LogP contribution is -2.33. The minimum absolute atomic E-state index is 0.0813. The molecule has 0 aromatic carbocycles. The lowest BCUT2D eigenvalue weighted by atomic mass is 10.2. The Morgan fingerprint density at radius 2 is 1.86 bits per heavy atom. The number of carbonyl (C=O) groups excluding carboxylic acids is 2. The molecular weight excluding hydrogens is 280 g/mol. The van der Waals surface area contributed by atoms with E-state index in [1.54, 1.807) is 18.2 Å². The Labute approximate surface area is 132 Å². The zero-order valence-corrected chi connectivity index (χ0v) is 13.8. The van der Waals surface area contributed by atoms with Gasteiger partial charge in [0, 0.05) is 12.6 Å². The van der Waals surface area contributed by atoms with Crippen LogP contribution < -0.4 is 10.6 Å². The van der Waals surface area contributed by atoms with Crippen molar-refractivity contribution in [2.45, 2.75) is 32.7 Å². The van der Waals surface area contributed by atoms with Crippen molar-refractivity contribution in [3.8, 4) is 0 Å². The number of nitrogens with one attached hydrogen (secondary N) is 2. The predicted molar refractivity (Wildman–Crippen MR) is 87.0 cm³/mol. The maximum absolute atomic E-state index is 12.0. The molecule has 0 aliphatic heterocycles. The van der Waals surface area contributed by atoms with Crippen molar-refractivity contribution in [2.75, 3.05) is 27.2 Å². The Hall–Kier alpha value is -1.95. The van der Waals surface area contributed by atoms with Crippen LogP contribution in [0, 0.1) is 0 Å². The van der Waals surface area contributed by atoms with Crippen LogP contribution in [0.4, 0.5) is 0 Å². The maximum atomic E-state index is 12.0. The minimum atomic E-state index is -0.253. The monoisotopic (exact) mass is 306 g/mol. The molecule has 0 radical (unpaired) electrons. The third-order valence-electron chi connectivity index (χ3n) is 3.27. The molecule has 1 aromatic heterocycles. The van der Waals surface area contributed by atoms with E-state index in [4.69, 9.17) is 0 Å². The summed E-state index contributed by atoms with van der Waals surface area (Å²) in [6.45, 7) is 5.42. The predicted octanol–water partition coefficient (Wildman–Crippen LogP) is 1.29. The van der Waals surface area contributed by atoms with Gasteiger partial charge in [0.2, 0.25) is 0 Å². The first-order valence-electron chi connectivity index (χ1n) is 7.65. The number of pyridine rings is 1. The maximum Gasteiger partial charge on any atom is 0.270 e. The van der Waals surface area contributed by atoms with Crippen LogP contribution in [-0.2, 0) is 0 Å². The third kappa shape index (κ3) is 6.22. The molecule has 1 aromatic rings. The SMILES string of the molecule is CCC(C)NC(=O)c1cccc(C(=O)NCCCN(C)C)n1. The Bertz CT molecular complexity index is 503. The van der Waals surface area contributed by atoms with Gasteiger partial charge in [0.15, 0.2) is 0 Å². The topological polar surface area (TPSA) is 74.3 Å². The Kier molecular flexibility index (Phi) is 7.52. The second-order valence-corrected chi connectivity index (χ2v) is 5.60. The highest BCUT2D eigenvalue weighted by Gasteiger charge is 2.13. The molecule has 2 N–H and O–H groups in total. The van der Waals surface area contributed by atoms with Gasteiger partial charge >= 0.3 is 0 Å². The number of hydrogen-bond acceptors (Lipinski definition) is 4. The standard InChI is InChI=1S/C16H26N4O2/c1-5-12(2)18-16(22)14-9-6-8-13(19-14)15(21)17-10-7-11-20(3)4/h6,8-9,12H,5,7,10-11H2,1-4H3,(H,17,21)(H,18,22). The number of hydrogen-bond donors (Lipinski definition) is 2. The minimum Gasteiger partial charge on any atom is -0.351 e. The van der Waals surface area contributed by atoms with Gasteiger partial charge in [-0.1, -0.05) is 13.0 Å². The molecule has 1 atom stereocenters. The first kappa shape index (κ1) is 18.1. The Morgan fingerprint density at radius 3 is 2.45 bits per heavy atom. The highest BCUT2D eigenvalue weighted by Crippen LogP contribution is 2.01. The summed E-state index contributed by atoms with van der Waals surface area (Å²) in [4.78, 5) is 30.2. The molecule has 0 aliphatic carbocycles. The van der Waals surface area contributed by atoms with E-state index in [1.165, 1.54) is 0 Å². The van der Waals surface area contributed by atoms with E-state index in [1.807, 2.05) is 27.9 Å². The molecule has 122 valence electrons. The van der Waals surface area contributed by atoms with E-state index in [0.29, 0.717) is 6.54 Å². The van der Waals surface area contributed by atoms with Gasteiger partial charge in [-0.15, -0.1) is 0 Å². The van der Waals surface area contributed by atoms with Crippen LogP contribution in [-0.4, -0.2) is 54.9 Å². The van der Waals surface area contributed by atoms with Crippen molar-refractivity contribution >= 4 is 11.8 Å². The van der Waals surface area contributed by atoms with E-state index in [-0.39, 0.29) is 29.2 Å². The summed E-state index contributed by atoms with van der Waals surface area (Å²) in [5.41, 5.74) is 0.530. The molecule has 0 saturated carbocycles. The second kappa shape index (κ2) is 9.15. The average Bonchev–Trinajstić information content (AvgIpc) is 2.51. The van der Waals surface area contributed by atoms with Gasteiger partial charge < -0.3 is 15.5 Å². The largest absolute Gasteiger partial charge is 0.351 e. The summed E-state index contributed by atoms with van der Waals surface area (Å²) in [6.07, 6.45) is 1.71. The first-order valence-corrected chi connectivity index (χ1v) is 7.65. The molecular formula is C16H26N4O2. The molecule has 0 bridgehead atoms. The van der Waals surface area contributed by atoms with Crippen LogP contribution in [0.2, 0.25) is 0 Å². The van der Waals surface area contributed by atoms with Gasteiger partial charge in [-0.2, -0.15) is 0 Å². The highest BCUT2D eigenvalue weighted by molar-refractivity contribution is 5.96. The molecule has 1 unspecified atom stereocenters. The van der Waals surface area contributed by atoms with E-state index in [9.17, 15) is 9.59 Å². The summed E-state index contributed by atoms with van der Waals surface area (Å²) in [5.74, 6) is -0.506. The number of carbonyl (C=O) groups is 2. The summed E-state index contributed by atoms with van der Waals surface area (Å²) in [5, 5.41) is 5.65. The van der Waals surface area contributed by atoms with Gasteiger partial charge in [-0.3, -0.25) is 9.59 Å². The third-order valence-corrected chi connectivity index (χ3v) is 3.27. The van der Waals surface area contributed by atoms with Crippen molar-refractivity contribution in [1.29, 1.82) is 0 Å². The molecule has 0 spiro atoms. The average molecular weight is 306 g/mol. The summed E-state index contributed by atoms with van der Waals surface area (Å²) in [7, 11) is 3.98. The molecule has 0 aliphatic rings. The second-order valence-electron chi connectivity index (χ2n) is 5.60. The van der Waals surface area contributed by atoms with E-state index in [2.05, 4.69) is 20.5 Å². The first-order chi connectivity index (χ1) is 10.4.